The Kier molecular flexibility index (Phi) is 2.84. The number of rotatable bonds is 2. The summed E-state index contributed by atoms with van der Waals surface area (Å²) < 4.78 is 42.3. The van der Waals surface area contributed by atoms with Crippen molar-refractivity contribution in [2.24, 2.45) is 5.92 Å². The van der Waals surface area contributed by atoms with Crippen LogP contribution in [0.2, 0.25) is 0 Å². The lowest BCUT2D eigenvalue weighted by molar-refractivity contribution is -0.154. The Bertz CT molecular complexity index is 427. The lowest BCUT2D eigenvalue weighted by atomic mass is 9.99. The van der Waals surface area contributed by atoms with Crippen LogP contribution in [-0.4, -0.2) is 23.1 Å². The minimum absolute atomic E-state index is 0.157. The molecule has 1 N–H and O–H groups in total. The van der Waals surface area contributed by atoms with E-state index in [1.807, 2.05) is 5.32 Å². The number of nitrogens with zero attached hydrogens (tertiary/aromatic N) is 1. The Labute approximate surface area is 95.2 Å². The Morgan fingerprint density at radius 2 is 2.29 bits per heavy atom. The summed E-state index contributed by atoms with van der Waals surface area (Å²) in [5.74, 6) is -0.815. The van der Waals surface area contributed by atoms with E-state index < -0.39 is 24.0 Å². The predicted molar refractivity (Wildman–Crippen MR) is 51.0 cm³/mol. The number of aromatic nitrogens is 1. The van der Waals surface area contributed by atoms with E-state index in [0.29, 0.717) is 11.5 Å². The van der Waals surface area contributed by atoms with E-state index in [4.69, 9.17) is 4.42 Å². The van der Waals surface area contributed by atoms with Gasteiger partial charge in [-0.3, -0.25) is 4.79 Å². The van der Waals surface area contributed by atoms with Crippen LogP contribution >= 0.6 is 0 Å². The topological polar surface area (TPSA) is 55.1 Å². The van der Waals surface area contributed by atoms with Gasteiger partial charge in [-0.2, -0.15) is 13.2 Å². The fourth-order valence-corrected chi connectivity index (χ4v) is 1.88. The molecule has 94 valence electrons. The highest BCUT2D eigenvalue weighted by atomic mass is 19.4. The SMILES string of the molecule is Cc1ncoc1CC1CC(C(F)(F)F)NC1=O. The smallest absolute Gasteiger partial charge is 0.408 e. The molecular formula is C10H11F3N2O2. The molecule has 1 amide bonds. The average Bonchev–Trinajstić information content (AvgIpc) is 2.75. The van der Waals surface area contributed by atoms with Gasteiger partial charge in [0, 0.05) is 12.3 Å². The van der Waals surface area contributed by atoms with Crippen LogP contribution in [0.5, 0.6) is 0 Å². The zero-order chi connectivity index (χ0) is 12.6. The van der Waals surface area contributed by atoms with Gasteiger partial charge in [-0.1, -0.05) is 0 Å². The highest BCUT2D eigenvalue weighted by Gasteiger charge is 2.47. The van der Waals surface area contributed by atoms with Gasteiger partial charge in [-0.05, 0) is 13.3 Å². The lowest BCUT2D eigenvalue weighted by Gasteiger charge is -2.13. The fourth-order valence-electron chi connectivity index (χ4n) is 1.88. The van der Waals surface area contributed by atoms with Crippen molar-refractivity contribution in [1.29, 1.82) is 0 Å². The first kappa shape index (κ1) is 11.9. The summed E-state index contributed by atoms with van der Waals surface area (Å²) in [6.07, 6.45) is -3.26. The van der Waals surface area contributed by atoms with Crippen LogP contribution in [0, 0.1) is 12.8 Å². The van der Waals surface area contributed by atoms with Gasteiger partial charge >= 0.3 is 6.18 Å². The molecule has 1 aromatic heterocycles. The molecule has 2 heterocycles. The van der Waals surface area contributed by atoms with E-state index in [-0.39, 0.29) is 12.8 Å². The summed E-state index contributed by atoms with van der Waals surface area (Å²) in [5, 5.41) is 1.95. The fraction of sp³-hybridized carbons (Fsp3) is 0.600. The molecule has 0 aliphatic carbocycles. The van der Waals surface area contributed by atoms with Crippen molar-refractivity contribution in [3.63, 3.8) is 0 Å². The summed E-state index contributed by atoms with van der Waals surface area (Å²) in [4.78, 5) is 15.2. The Balaban J connectivity index is 2.05. The van der Waals surface area contributed by atoms with E-state index in [1.54, 1.807) is 6.92 Å². The van der Waals surface area contributed by atoms with Gasteiger partial charge < -0.3 is 9.73 Å². The van der Waals surface area contributed by atoms with Gasteiger partial charge in [0.1, 0.15) is 11.8 Å². The molecule has 0 saturated carbocycles. The van der Waals surface area contributed by atoms with Crippen molar-refractivity contribution in [2.75, 3.05) is 0 Å². The third-order valence-electron chi connectivity index (χ3n) is 2.88. The molecule has 1 aliphatic heterocycles. The van der Waals surface area contributed by atoms with Crippen molar-refractivity contribution in [1.82, 2.24) is 10.3 Å². The Morgan fingerprint density at radius 3 is 2.76 bits per heavy atom. The number of carbonyl (C=O) groups excluding carboxylic acids is 1. The van der Waals surface area contributed by atoms with Gasteiger partial charge in [0.15, 0.2) is 6.39 Å². The van der Waals surface area contributed by atoms with Gasteiger partial charge in [-0.25, -0.2) is 4.98 Å². The molecule has 1 aromatic rings. The van der Waals surface area contributed by atoms with E-state index in [1.165, 1.54) is 6.39 Å². The summed E-state index contributed by atoms with van der Waals surface area (Å²) in [5.41, 5.74) is 0.605. The molecule has 7 heteroatoms. The maximum atomic E-state index is 12.4. The second-order valence-corrected chi connectivity index (χ2v) is 4.10. The third kappa shape index (κ3) is 2.42. The lowest BCUT2D eigenvalue weighted by Crippen LogP contribution is -2.38. The zero-order valence-electron chi connectivity index (χ0n) is 9.04. The minimum Gasteiger partial charge on any atom is -0.448 e. The molecule has 17 heavy (non-hydrogen) atoms. The quantitative estimate of drug-likeness (QED) is 0.864. The summed E-state index contributed by atoms with van der Waals surface area (Å²) in [6, 6.07) is -1.75. The van der Waals surface area contributed by atoms with Gasteiger partial charge in [0.05, 0.1) is 5.69 Å². The number of oxazole rings is 1. The normalized spacial score (nSPS) is 25.1. The number of halogens is 3. The number of hydrogen-bond donors (Lipinski definition) is 1. The highest BCUT2D eigenvalue weighted by Crippen LogP contribution is 2.31. The largest absolute Gasteiger partial charge is 0.448 e. The van der Waals surface area contributed by atoms with Crippen molar-refractivity contribution < 1.29 is 22.4 Å². The maximum Gasteiger partial charge on any atom is 0.408 e. The summed E-state index contributed by atoms with van der Waals surface area (Å²) in [6.45, 7) is 1.69. The number of nitrogens with one attached hydrogen (secondary N) is 1. The number of amides is 1. The second kappa shape index (κ2) is 4.05. The van der Waals surface area contributed by atoms with Crippen molar-refractivity contribution in [2.45, 2.75) is 32.0 Å². The molecule has 0 aromatic carbocycles. The second-order valence-electron chi connectivity index (χ2n) is 4.10. The van der Waals surface area contributed by atoms with Crippen molar-refractivity contribution >= 4 is 5.91 Å². The minimum atomic E-state index is -4.39. The Morgan fingerprint density at radius 1 is 1.59 bits per heavy atom. The summed E-state index contributed by atoms with van der Waals surface area (Å²) >= 11 is 0. The highest BCUT2D eigenvalue weighted by molar-refractivity contribution is 5.81. The van der Waals surface area contributed by atoms with Crippen LogP contribution in [0.15, 0.2) is 10.8 Å². The first-order valence-corrected chi connectivity index (χ1v) is 5.14. The van der Waals surface area contributed by atoms with E-state index >= 15 is 0 Å². The molecule has 2 unspecified atom stereocenters. The maximum absolute atomic E-state index is 12.4. The van der Waals surface area contributed by atoms with Gasteiger partial charge in [0.2, 0.25) is 5.91 Å². The van der Waals surface area contributed by atoms with Crippen LogP contribution in [0.3, 0.4) is 0 Å². The van der Waals surface area contributed by atoms with Crippen LogP contribution < -0.4 is 5.32 Å². The molecule has 4 nitrogen and oxygen atoms in total. The number of alkyl halides is 3. The van der Waals surface area contributed by atoms with Crippen molar-refractivity contribution in [3.8, 4) is 0 Å². The monoisotopic (exact) mass is 248 g/mol. The number of carbonyl (C=O) groups is 1. The van der Waals surface area contributed by atoms with Crippen molar-refractivity contribution in [3.05, 3.63) is 17.8 Å². The molecule has 0 radical (unpaired) electrons. The van der Waals surface area contributed by atoms with E-state index in [0.717, 1.165) is 0 Å². The molecular weight excluding hydrogens is 237 g/mol. The molecule has 0 spiro atoms. The molecule has 1 aliphatic rings. The first-order valence-electron chi connectivity index (χ1n) is 5.14. The predicted octanol–water partition coefficient (Wildman–Crippen LogP) is 1.59. The molecule has 2 atom stereocenters. The molecule has 2 rings (SSSR count). The van der Waals surface area contributed by atoms with E-state index in [2.05, 4.69) is 4.98 Å². The van der Waals surface area contributed by atoms with Gasteiger partial charge in [0.25, 0.3) is 0 Å². The van der Waals surface area contributed by atoms with E-state index in [9.17, 15) is 18.0 Å². The van der Waals surface area contributed by atoms with Crippen LogP contribution in [0.25, 0.3) is 0 Å². The zero-order valence-corrected chi connectivity index (χ0v) is 9.04. The third-order valence-corrected chi connectivity index (χ3v) is 2.88. The average molecular weight is 248 g/mol. The molecule has 0 bridgehead atoms. The van der Waals surface area contributed by atoms with Crippen LogP contribution in [0.1, 0.15) is 17.9 Å². The molecule has 1 fully saturated rings. The van der Waals surface area contributed by atoms with Gasteiger partial charge in [-0.15, -0.1) is 0 Å². The van der Waals surface area contributed by atoms with Crippen LogP contribution in [0.4, 0.5) is 13.2 Å². The summed E-state index contributed by atoms with van der Waals surface area (Å²) in [7, 11) is 0. The van der Waals surface area contributed by atoms with Crippen LogP contribution in [-0.2, 0) is 11.2 Å². The Hall–Kier alpha value is -1.53. The molecule has 1 saturated heterocycles. The number of hydrogen-bond acceptors (Lipinski definition) is 3. The number of aryl methyl sites for hydroxylation is 1. The standard InChI is InChI=1S/C10H11F3N2O2/c1-5-7(17-4-14-5)2-6-3-8(10(11,12)13)15-9(6)16/h4,6,8H,2-3H2,1H3,(H,15,16). The first-order chi connectivity index (χ1) is 7.88.